The summed E-state index contributed by atoms with van der Waals surface area (Å²) < 4.78 is 1.36. The van der Waals surface area contributed by atoms with Crippen molar-refractivity contribution >= 4 is 5.82 Å². The summed E-state index contributed by atoms with van der Waals surface area (Å²) >= 11 is 0. The second-order valence-electron chi connectivity index (χ2n) is 4.66. The number of H-pyrrole nitrogens is 1. The Balaban J connectivity index is 3.17. The molecule has 1 aromatic heterocycles. The molecule has 3 N–H and O–H groups in total. The number of nitrogens with two attached hydrogens (primary N) is 1. The summed E-state index contributed by atoms with van der Waals surface area (Å²) in [5, 5.41) is 0. The molecule has 0 unspecified atom stereocenters. The van der Waals surface area contributed by atoms with Crippen LogP contribution in [0.15, 0.2) is 15.7 Å². The van der Waals surface area contributed by atoms with Crippen molar-refractivity contribution in [3.8, 4) is 0 Å². The van der Waals surface area contributed by atoms with E-state index in [9.17, 15) is 9.59 Å². The first-order valence-electron chi connectivity index (χ1n) is 5.01. The molecule has 0 saturated heterocycles. The molecule has 0 amide bonds. The molecule has 6 nitrogen and oxygen atoms in total. The molecule has 0 saturated carbocycles. The third-order valence-electron chi connectivity index (χ3n) is 2.82. The van der Waals surface area contributed by atoms with Gasteiger partial charge in [0.1, 0.15) is 5.82 Å². The summed E-state index contributed by atoms with van der Waals surface area (Å²) in [6.45, 7) is 4.40. The zero-order valence-corrected chi connectivity index (χ0v) is 10.1. The fraction of sp³-hybridized carbons (Fsp3) is 0.600. The summed E-state index contributed by atoms with van der Waals surface area (Å²) in [6, 6.07) is 1.22. The van der Waals surface area contributed by atoms with Gasteiger partial charge < -0.3 is 10.6 Å². The number of hydrogen-bond acceptors (Lipinski definition) is 4. The Morgan fingerprint density at radius 2 is 2.00 bits per heavy atom. The minimum atomic E-state index is -0.472. The van der Waals surface area contributed by atoms with Crippen molar-refractivity contribution in [3.05, 3.63) is 26.9 Å². The standard InChI is InChI=1S/C10H18N4O2/c1-10(2,13(3)4)6-14-7(11)5-8(15)12-9(14)16/h5H,6,11H2,1-4H3,(H,12,15,16). The average molecular weight is 226 g/mol. The topological polar surface area (TPSA) is 84.1 Å². The molecule has 0 fully saturated rings. The van der Waals surface area contributed by atoms with Crippen LogP contribution in [0.25, 0.3) is 0 Å². The molecule has 1 aromatic rings. The Bertz CT molecular complexity index is 484. The largest absolute Gasteiger partial charge is 0.385 e. The molecule has 0 aromatic carbocycles. The van der Waals surface area contributed by atoms with Crippen molar-refractivity contribution in [2.24, 2.45) is 0 Å². The van der Waals surface area contributed by atoms with Gasteiger partial charge in [-0.05, 0) is 27.9 Å². The minimum absolute atomic E-state index is 0.184. The highest BCUT2D eigenvalue weighted by Gasteiger charge is 2.22. The van der Waals surface area contributed by atoms with E-state index in [1.165, 1.54) is 10.6 Å². The molecule has 90 valence electrons. The molecule has 0 bridgehead atoms. The van der Waals surface area contributed by atoms with Crippen LogP contribution in [0.4, 0.5) is 5.82 Å². The SMILES string of the molecule is CN(C)C(C)(C)Cn1c(N)cc(=O)[nH]c1=O. The van der Waals surface area contributed by atoms with E-state index in [4.69, 9.17) is 5.73 Å². The first-order chi connectivity index (χ1) is 7.24. The summed E-state index contributed by atoms with van der Waals surface area (Å²) in [5.74, 6) is 0.184. The van der Waals surface area contributed by atoms with Crippen LogP contribution >= 0.6 is 0 Å². The molecule has 6 heteroatoms. The van der Waals surface area contributed by atoms with E-state index in [0.717, 1.165) is 0 Å². The molecular weight excluding hydrogens is 208 g/mol. The van der Waals surface area contributed by atoms with Crippen molar-refractivity contribution in [1.29, 1.82) is 0 Å². The first-order valence-corrected chi connectivity index (χ1v) is 5.01. The third-order valence-corrected chi connectivity index (χ3v) is 2.82. The quantitative estimate of drug-likeness (QED) is 0.725. The minimum Gasteiger partial charge on any atom is -0.385 e. The van der Waals surface area contributed by atoms with E-state index in [1.54, 1.807) is 0 Å². The number of hydrogen-bond donors (Lipinski definition) is 2. The number of nitrogens with zero attached hydrogens (tertiary/aromatic N) is 2. The second-order valence-corrected chi connectivity index (χ2v) is 4.66. The van der Waals surface area contributed by atoms with E-state index in [2.05, 4.69) is 4.98 Å². The monoisotopic (exact) mass is 226 g/mol. The van der Waals surface area contributed by atoms with Gasteiger partial charge in [0.25, 0.3) is 5.56 Å². The molecule has 0 aliphatic heterocycles. The van der Waals surface area contributed by atoms with E-state index in [-0.39, 0.29) is 11.4 Å². The molecule has 16 heavy (non-hydrogen) atoms. The maximum atomic E-state index is 11.6. The van der Waals surface area contributed by atoms with Crippen LogP contribution in [0.5, 0.6) is 0 Å². The number of rotatable bonds is 3. The highest BCUT2D eigenvalue weighted by molar-refractivity contribution is 5.26. The van der Waals surface area contributed by atoms with E-state index in [1.807, 2.05) is 32.8 Å². The molecule has 0 radical (unpaired) electrons. The van der Waals surface area contributed by atoms with Crippen molar-refractivity contribution in [1.82, 2.24) is 14.5 Å². The van der Waals surface area contributed by atoms with E-state index < -0.39 is 11.2 Å². The zero-order valence-electron chi connectivity index (χ0n) is 10.1. The summed E-state index contributed by atoms with van der Waals surface area (Å²) in [7, 11) is 3.85. The highest BCUT2D eigenvalue weighted by atomic mass is 16.2. The lowest BCUT2D eigenvalue weighted by molar-refractivity contribution is 0.168. The van der Waals surface area contributed by atoms with Gasteiger partial charge in [0.05, 0.1) is 0 Å². The van der Waals surface area contributed by atoms with Crippen molar-refractivity contribution in [2.75, 3.05) is 19.8 Å². The fourth-order valence-electron chi connectivity index (χ4n) is 1.23. The van der Waals surface area contributed by atoms with Gasteiger partial charge in [0, 0.05) is 18.2 Å². The molecule has 0 aliphatic rings. The van der Waals surface area contributed by atoms with Crippen molar-refractivity contribution in [2.45, 2.75) is 25.9 Å². The summed E-state index contributed by atoms with van der Waals surface area (Å²) in [4.78, 5) is 26.8. The Morgan fingerprint density at radius 3 is 2.44 bits per heavy atom. The maximum absolute atomic E-state index is 11.6. The van der Waals surface area contributed by atoms with Crippen molar-refractivity contribution < 1.29 is 0 Å². The maximum Gasteiger partial charge on any atom is 0.329 e. The fourth-order valence-corrected chi connectivity index (χ4v) is 1.23. The number of likely N-dealkylation sites (N-methyl/N-ethyl adjacent to an activating group) is 1. The summed E-state index contributed by atoms with van der Waals surface area (Å²) in [5.41, 5.74) is 4.48. The Hall–Kier alpha value is -1.56. The van der Waals surface area contributed by atoms with E-state index >= 15 is 0 Å². The lowest BCUT2D eigenvalue weighted by atomic mass is 10.0. The molecule has 0 spiro atoms. The van der Waals surface area contributed by atoms with Gasteiger partial charge in [0.2, 0.25) is 0 Å². The van der Waals surface area contributed by atoms with Crippen molar-refractivity contribution in [3.63, 3.8) is 0 Å². The molecule has 0 atom stereocenters. The van der Waals surface area contributed by atoms with Crippen LogP contribution in [-0.2, 0) is 6.54 Å². The average Bonchev–Trinajstić information content (AvgIpc) is 2.11. The second kappa shape index (κ2) is 4.13. The Kier molecular flexibility index (Phi) is 3.23. The van der Waals surface area contributed by atoms with Crippen LogP contribution < -0.4 is 17.0 Å². The molecule has 0 aliphatic carbocycles. The summed E-state index contributed by atoms with van der Waals surface area (Å²) in [6.07, 6.45) is 0. The van der Waals surface area contributed by atoms with Crippen LogP contribution in [-0.4, -0.2) is 34.1 Å². The van der Waals surface area contributed by atoms with Gasteiger partial charge in [-0.25, -0.2) is 4.79 Å². The smallest absolute Gasteiger partial charge is 0.329 e. The molecule has 1 heterocycles. The number of nitrogen functional groups attached to an aromatic ring is 1. The lowest BCUT2D eigenvalue weighted by Gasteiger charge is -2.33. The Labute approximate surface area is 93.7 Å². The number of nitrogens with one attached hydrogen (secondary N) is 1. The third kappa shape index (κ3) is 2.52. The van der Waals surface area contributed by atoms with Gasteiger partial charge in [-0.15, -0.1) is 0 Å². The lowest BCUT2D eigenvalue weighted by Crippen LogP contribution is -2.46. The van der Waals surface area contributed by atoms with E-state index in [0.29, 0.717) is 6.54 Å². The predicted octanol–water partition coefficient (Wildman–Crippen LogP) is -0.541. The van der Waals surface area contributed by atoms with Crippen LogP contribution in [0.3, 0.4) is 0 Å². The number of anilines is 1. The molecular formula is C10H18N4O2. The van der Waals surface area contributed by atoms with Crippen LogP contribution in [0.1, 0.15) is 13.8 Å². The zero-order chi connectivity index (χ0) is 12.5. The van der Waals surface area contributed by atoms with Gasteiger partial charge in [-0.3, -0.25) is 14.3 Å². The highest BCUT2D eigenvalue weighted by Crippen LogP contribution is 2.13. The van der Waals surface area contributed by atoms with Crippen LogP contribution in [0.2, 0.25) is 0 Å². The Morgan fingerprint density at radius 1 is 1.44 bits per heavy atom. The van der Waals surface area contributed by atoms with Crippen LogP contribution in [0, 0.1) is 0 Å². The first kappa shape index (κ1) is 12.5. The predicted molar refractivity (Wildman–Crippen MR) is 63.5 cm³/mol. The van der Waals surface area contributed by atoms with Gasteiger partial charge >= 0.3 is 5.69 Å². The van der Waals surface area contributed by atoms with Gasteiger partial charge in [0.15, 0.2) is 0 Å². The normalized spacial score (nSPS) is 12.1. The van der Waals surface area contributed by atoms with Gasteiger partial charge in [-0.2, -0.15) is 0 Å². The number of aromatic nitrogens is 2. The van der Waals surface area contributed by atoms with Gasteiger partial charge in [-0.1, -0.05) is 0 Å². The number of aromatic amines is 1. The molecule has 1 rings (SSSR count).